The lowest BCUT2D eigenvalue weighted by molar-refractivity contribution is -0.118. The van der Waals surface area contributed by atoms with Crippen molar-refractivity contribution in [1.29, 1.82) is 0 Å². The van der Waals surface area contributed by atoms with Gasteiger partial charge < -0.3 is 24.3 Å². The highest BCUT2D eigenvalue weighted by atomic mass is 16.5. The van der Waals surface area contributed by atoms with Crippen molar-refractivity contribution in [2.75, 3.05) is 27.9 Å². The zero-order valence-electron chi connectivity index (χ0n) is 17.8. The molecule has 1 atom stereocenters. The molecule has 0 bridgehead atoms. The summed E-state index contributed by atoms with van der Waals surface area (Å²) in [6, 6.07) is 11.6. The Kier molecular flexibility index (Phi) is 6.79. The minimum Gasteiger partial charge on any atom is -0.493 e. The Morgan fingerprint density at radius 3 is 2.30 bits per heavy atom. The van der Waals surface area contributed by atoms with E-state index in [2.05, 4.69) is 11.9 Å². The van der Waals surface area contributed by atoms with Crippen molar-refractivity contribution >= 4 is 5.91 Å². The molecule has 2 aromatic carbocycles. The first kappa shape index (κ1) is 21.5. The van der Waals surface area contributed by atoms with Crippen LogP contribution >= 0.6 is 0 Å². The van der Waals surface area contributed by atoms with Crippen LogP contribution in [0.1, 0.15) is 22.8 Å². The summed E-state index contributed by atoms with van der Waals surface area (Å²) in [7, 11) is 4.65. The van der Waals surface area contributed by atoms with Crippen LogP contribution in [0.3, 0.4) is 0 Å². The molecule has 1 amide bonds. The molecule has 3 rings (SSSR count). The van der Waals surface area contributed by atoms with Crippen molar-refractivity contribution in [2.24, 2.45) is 0 Å². The van der Waals surface area contributed by atoms with Gasteiger partial charge in [-0.1, -0.05) is 42.5 Å². The molecule has 1 unspecified atom stereocenters. The largest absolute Gasteiger partial charge is 0.493 e. The van der Waals surface area contributed by atoms with Crippen LogP contribution in [0, 0.1) is 6.92 Å². The molecule has 0 saturated carbocycles. The quantitative estimate of drug-likeness (QED) is 0.717. The fourth-order valence-corrected chi connectivity index (χ4v) is 3.44. The minimum atomic E-state index is -0.565. The number of rotatable bonds is 8. The van der Waals surface area contributed by atoms with Crippen molar-refractivity contribution in [2.45, 2.75) is 19.6 Å². The van der Waals surface area contributed by atoms with Gasteiger partial charge in [-0.25, -0.2) is 0 Å². The number of carbonyl (C=O) groups is 1. The summed E-state index contributed by atoms with van der Waals surface area (Å²) >= 11 is 0. The average Bonchev–Trinajstić information content (AvgIpc) is 3.21. The molecule has 0 aromatic heterocycles. The van der Waals surface area contributed by atoms with Crippen LogP contribution in [0.25, 0.3) is 0 Å². The number of ether oxygens (including phenoxy) is 4. The molecule has 6 heteroatoms. The highest BCUT2D eigenvalue weighted by molar-refractivity contribution is 5.96. The predicted molar refractivity (Wildman–Crippen MR) is 115 cm³/mol. The number of benzene rings is 2. The summed E-state index contributed by atoms with van der Waals surface area (Å²) in [5.74, 6) is 1.30. The normalized spacial score (nSPS) is 15.7. The molecule has 0 aliphatic carbocycles. The van der Waals surface area contributed by atoms with Gasteiger partial charge in [0, 0.05) is 6.54 Å². The van der Waals surface area contributed by atoms with Crippen LogP contribution in [0.4, 0.5) is 0 Å². The molecule has 2 aromatic rings. The third-order valence-corrected chi connectivity index (χ3v) is 5.07. The van der Waals surface area contributed by atoms with E-state index in [0.29, 0.717) is 36.0 Å². The third-order valence-electron chi connectivity index (χ3n) is 5.07. The molecular formula is C24H27NO5. The van der Waals surface area contributed by atoms with Crippen molar-refractivity contribution in [3.63, 3.8) is 0 Å². The highest BCUT2D eigenvalue weighted by Gasteiger charge is 2.33. The maximum absolute atomic E-state index is 13.1. The van der Waals surface area contributed by atoms with Crippen molar-refractivity contribution in [3.8, 4) is 17.2 Å². The summed E-state index contributed by atoms with van der Waals surface area (Å²) < 4.78 is 22.2. The lowest BCUT2D eigenvalue weighted by Gasteiger charge is -2.19. The van der Waals surface area contributed by atoms with Crippen LogP contribution in [-0.4, -0.2) is 33.8 Å². The fourth-order valence-electron chi connectivity index (χ4n) is 3.44. The number of amides is 1. The Hall–Kier alpha value is -3.25. The Balaban J connectivity index is 1.90. The van der Waals surface area contributed by atoms with Gasteiger partial charge in [0.25, 0.3) is 5.91 Å². The van der Waals surface area contributed by atoms with Gasteiger partial charge in [-0.2, -0.15) is 0 Å². The van der Waals surface area contributed by atoms with Crippen molar-refractivity contribution < 1.29 is 23.7 Å². The van der Waals surface area contributed by atoms with E-state index < -0.39 is 6.10 Å². The minimum absolute atomic E-state index is 0.193. The maximum atomic E-state index is 13.1. The smallest absolute Gasteiger partial charge is 0.250 e. The maximum Gasteiger partial charge on any atom is 0.250 e. The standard InChI is InChI=1S/C24H27NO5/c1-6-17-14-30-22(18-11-19(27-3)23(29-5)20(12-18)28-4)21(17)24(26)25-13-16-9-7-15(2)8-10-16/h6-12,22H,1,13-14H2,2-5H3,(H,25,26). The van der Waals surface area contributed by atoms with Crippen LogP contribution in [0.2, 0.25) is 0 Å². The van der Waals surface area contributed by atoms with Crippen LogP contribution in [0.15, 0.2) is 60.2 Å². The molecule has 0 fully saturated rings. The molecule has 30 heavy (non-hydrogen) atoms. The third kappa shape index (κ3) is 4.33. The molecule has 1 heterocycles. The first-order chi connectivity index (χ1) is 14.5. The molecule has 0 radical (unpaired) electrons. The Morgan fingerprint density at radius 2 is 1.77 bits per heavy atom. The molecule has 6 nitrogen and oxygen atoms in total. The van der Waals surface area contributed by atoms with E-state index in [1.165, 1.54) is 5.56 Å². The summed E-state index contributed by atoms with van der Waals surface area (Å²) in [4.78, 5) is 13.1. The first-order valence-corrected chi connectivity index (χ1v) is 9.63. The van der Waals surface area contributed by atoms with E-state index in [0.717, 1.165) is 16.7 Å². The summed E-state index contributed by atoms with van der Waals surface area (Å²) in [5.41, 5.74) is 4.23. The molecule has 1 aliphatic heterocycles. The fraction of sp³-hybridized carbons (Fsp3) is 0.292. The van der Waals surface area contributed by atoms with E-state index in [-0.39, 0.29) is 5.91 Å². The van der Waals surface area contributed by atoms with Gasteiger partial charge in [-0.05, 0) is 35.8 Å². The number of aryl methyl sites for hydroxylation is 1. The monoisotopic (exact) mass is 409 g/mol. The topological polar surface area (TPSA) is 66.0 Å². The van der Waals surface area contributed by atoms with E-state index in [4.69, 9.17) is 18.9 Å². The second-order valence-electron chi connectivity index (χ2n) is 6.96. The number of hydrogen-bond donors (Lipinski definition) is 1. The summed E-state index contributed by atoms with van der Waals surface area (Å²) in [6.45, 7) is 6.60. The van der Waals surface area contributed by atoms with Gasteiger partial charge in [-0.3, -0.25) is 4.79 Å². The van der Waals surface area contributed by atoms with Crippen molar-refractivity contribution in [1.82, 2.24) is 5.32 Å². The van der Waals surface area contributed by atoms with Crippen LogP contribution in [0.5, 0.6) is 17.2 Å². The van der Waals surface area contributed by atoms with Crippen LogP contribution in [-0.2, 0) is 16.1 Å². The van der Waals surface area contributed by atoms with Gasteiger partial charge in [0.15, 0.2) is 11.5 Å². The number of hydrogen-bond acceptors (Lipinski definition) is 5. The van der Waals surface area contributed by atoms with Crippen molar-refractivity contribution in [3.05, 3.63) is 76.9 Å². The number of carbonyl (C=O) groups excluding carboxylic acids is 1. The average molecular weight is 409 g/mol. The van der Waals surface area contributed by atoms with Gasteiger partial charge in [-0.15, -0.1) is 0 Å². The van der Waals surface area contributed by atoms with E-state index in [1.54, 1.807) is 39.5 Å². The molecule has 1 aliphatic rings. The molecule has 0 spiro atoms. The Bertz CT molecular complexity index is 937. The highest BCUT2D eigenvalue weighted by Crippen LogP contribution is 2.43. The number of methoxy groups -OCH3 is 3. The van der Waals surface area contributed by atoms with E-state index >= 15 is 0 Å². The zero-order valence-corrected chi connectivity index (χ0v) is 17.8. The van der Waals surface area contributed by atoms with Crippen LogP contribution < -0.4 is 19.5 Å². The van der Waals surface area contributed by atoms with Gasteiger partial charge in [0.2, 0.25) is 5.75 Å². The zero-order chi connectivity index (χ0) is 21.7. The summed E-state index contributed by atoms with van der Waals surface area (Å²) in [6.07, 6.45) is 1.10. The second-order valence-corrected chi connectivity index (χ2v) is 6.96. The van der Waals surface area contributed by atoms with E-state index in [9.17, 15) is 4.79 Å². The molecular weight excluding hydrogens is 382 g/mol. The Labute approximate surface area is 177 Å². The summed E-state index contributed by atoms with van der Waals surface area (Å²) in [5, 5.41) is 2.99. The second kappa shape index (κ2) is 9.50. The molecule has 158 valence electrons. The molecule has 0 saturated heterocycles. The lowest BCUT2D eigenvalue weighted by Crippen LogP contribution is -2.27. The van der Waals surface area contributed by atoms with E-state index in [1.807, 2.05) is 31.2 Å². The SMILES string of the molecule is C=CC1=C(C(=O)NCc2ccc(C)cc2)C(c2cc(OC)c(OC)c(OC)c2)OC1. The van der Waals surface area contributed by atoms with Gasteiger partial charge in [0.05, 0.1) is 33.5 Å². The Morgan fingerprint density at radius 1 is 1.13 bits per heavy atom. The predicted octanol–water partition coefficient (Wildman–Crippen LogP) is 3.89. The molecule has 1 N–H and O–H groups in total. The lowest BCUT2D eigenvalue weighted by atomic mass is 9.97. The van der Waals surface area contributed by atoms with Gasteiger partial charge in [0.1, 0.15) is 6.10 Å². The first-order valence-electron chi connectivity index (χ1n) is 9.63. The van der Waals surface area contributed by atoms with Gasteiger partial charge >= 0.3 is 0 Å². The number of nitrogens with one attached hydrogen (secondary N) is 1.